The molecule has 0 bridgehead atoms. The number of hydrogen-bond donors (Lipinski definition) is 0. The molecule has 0 spiro atoms. The third-order valence-electron chi connectivity index (χ3n) is 4.89. The number of imide groups is 1. The van der Waals surface area contributed by atoms with Crippen LogP contribution in [0.3, 0.4) is 0 Å². The van der Waals surface area contributed by atoms with Crippen molar-refractivity contribution in [2.75, 3.05) is 0 Å². The SMILES string of the molecule is CC(C)Cn1c(=O)n(C)c(=O)c2cc(C(=O)ON3C(=O)c4ccccc4C3=O)cnc21. The van der Waals surface area contributed by atoms with Gasteiger partial charge >= 0.3 is 11.7 Å². The molecule has 0 atom stereocenters. The van der Waals surface area contributed by atoms with Gasteiger partial charge in [-0.1, -0.05) is 31.0 Å². The summed E-state index contributed by atoms with van der Waals surface area (Å²) in [5, 5.41) is 0.425. The number of hydroxylamine groups is 2. The van der Waals surface area contributed by atoms with E-state index in [0.29, 0.717) is 11.6 Å². The van der Waals surface area contributed by atoms with Crippen LogP contribution in [0.5, 0.6) is 0 Å². The Labute approximate surface area is 175 Å². The Morgan fingerprint density at radius 2 is 1.68 bits per heavy atom. The van der Waals surface area contributed by atoms with E-state index >= 15 is 0 Å². The largest absolute Gasteiger partial charge is 0.365 e. The van der Waals surface area contributed by atoms with Gasteiger partial charge in [0.25, 0.3) is 17.4 Å². The van der Waals surface area contributed by atoms with E-state index in [0.717, 1.165) is 10.8 Å². The van der Waals surface area contributed by atoms with Gasteiger partial charge in [-0.25, -0.2) is 14.6 Å². The second-order valence-corrected chi connectivity index (χ2v) is 7.58. The highest BCUT2D eigenvalue weighted by Crippen LogP contribution is 2.23. The van der Waals surface area contributed by atoms with Gasteiger partial charge < -0.3 is 4.84 Å². The van der Waals surface area contributed by atoms with Crippen molar-refractivity contribution in [2.24, 2.45) is 13.0 Å². The van der Waals surface area contributed by atoms with Crippen LogP contribution >= 0.6 is 0 Å². The highest BCUT2D eigenvalue weighted by Gasteiger charge is 2.38. The minimum absolute atomic E-state index is 0.0413. The Bertz CT molecular complexity index is 1350. The Balaban J connectivity index is 1.72. The number of carbonyl (C=O) groups excluding carboxylic acids is 3. The number of amides is 2. The topological polar surface area (TPSA) is 121 Å². The Kier molecular flexibility index (Phi) is 4.77. The van der Waals surface area contributed by atoms with E-state index in [1.165, 1.54) is 29.8 Å². The molecule has 0 radical (unpaired) electrons. The molecule has 4 rings (SSSR count). The van der Waals surface area contributed by atoms with Crippen LogP contribution in [0.2, 0.25) is 0 Å². The lowest BCUT2D eigenvalue weighted by atomic mass is 10.1. The zero-order valence-electron chi connectivity index (χ0n) is 17.0. The number of nitrogens with zero attached hydrogens (tertiary/aromatic N) is 4. The van der Waals surface area contributed by atoms with Gasteiger partial charge in [-0.3, -0.25) is 23.5 Å². The van der Waals surface area contributed by atoms with Crippen LogP contribution in [0.25, 0.3) is 11.0 Å². The number of carbonyl (C=O) groups is 3. The van der Waals surface area contributed by atoms with Crippen molar-refractivity contribution in [1.82, 2.24) is 19.2 Å². The molecule has 3 heterocycles. The number of hydrogen-bond acceptors (Lipinski definition) is 7. The number of rotatable bonds is 4. The monoisotopic (exact) mass is 422 g/mol. The summed E-state index contributed by atoms with van der Waals surface area (Å²) in [6, 6.07) is 7.34. The van der Waals surface area contributed by atoms with Gasteiger partial charge in [0.05, 0.1) is 22.1 Å². The van der Waals surface area contributed by atoms with Crippen LogP contribution < -0.4 is 11.2 Å². The quantitative estimate of drug-likeness (QED) is 0.578. The van der Waals surface area contributed by atoms with Gasteiger partial charge in [0, 0.05) is 19.8 Å². The standard InChI is InChI=1S/C21H18N4O6/c1-11(2)10-24-16-15(17(26)23(3)21(24)30)8-12(9-22-16)20(29)31-25-18(27)13-6-4-5-7-14(13)19(25)28/h4-9,11H,10H2,1-3H3. The Hall–Kier alpha value is -4.08. The minimum Gasteiger partial charge on any atom is -0.324 e. The zero-order chi connectivity index (χ0) is 22.4. The molecule has 0 fully saturated rings. The second kappa shape index (κ2) is 7.31. The van der Waals surface area contributed by atoms with Gasteiger partial charge in [0.1, 0.15) is 5.65 Å². The van der Waals surface area contributed by atoms with Crippen molar-refractivity contribution in [3.05, 3.63) is 74.1 Å². The third-order valence-corrected chi connectivity index (χ3v) is 4.89. The van der Waals surface area contributed by atoms with E-state index in [4.69, 9.17) is 4.84 Å². The van der Waals surface area contributed by atoms with Gasteiger partial charge in [0.2, 0.25) is 0 Å². The lowest BCUT2D eigenvalue weighted by Crippen LogP contribution is -2.39. The van der Waals surface area contributed by atoms with Gasteiger partial charge in [0.15, 0.2) is 0 Å². The summed E-state index contributed by atoms with van der Waals surface area (Å²) in [7, 11) is 1.34. The van der Waals surface area contributed by atoms with Crippen molar-refractivity contribution >= 4 is 28.8 Å². The predicted octanol–water partition coefficient (Wildman–Crippen LogP) is 1.12. The molecule has 0 aliphatic carbocycles. The molecule has 1 aromatic carbocycles. The van der Waals surface area contributed by atoms with Gasteiger partial charge in [-0.2, -0.15) is 0 Å². The molecule has 1 aliphatic heterocycles. The van der Waals surface area contributed by atoms with Crippen LogP contribution in [-0.4, -0.2) is 37.0 Å². The summed E-state index contributed by atoms with van der Waals surface area (Å²) in [4.78, 5) is 71.6. The normalized spacial score (nSPS) is 13.2. The van der Waals surface area contributed by atoms with E-state index in [1.54, 1.807) is 12.1 Å². The highest BCUT2D eigenvalue weighted by molar-refractivity contribution is 6.21. The summed E-state index contributed by atoms with van der Waals surface area (Å²) in [6.07, 6.45) is 1.14. The minimum atomic E-state index is -1.03. The molecule has 10 heteroatoms. The molecule has 31 heavy (non-hydrogen) atoms. The van der Waals surface area contributed by atoms with Crippen LogP contribution in [-0.2, 0) is 18.4 Å². The molecular weight excluding hydrogens is 404 g/mol. The maximum atomic E-state index is 12.6. The molecular formula is C21H18N4O6. The number of benzene rings is 1. The third kappa shape index (κ3) is 3.21. The van der Waals surface area contributed by atoms with E-state index in [9.17, 15) is 24.0 Å². The van der Waals surface area contributed by atoms with Crippen molar-refractivity contribution in [3.8, 4) is 0 Å². The molecule has 0 unspecified atom stereocenters. The first-order valence-corrected chi connectivity index (χ1v) is 9.50. The summed E-state index contributed by atoms with van der Waals surface area (Å²) < 4.78 is 2.30. The maximum absolute atomic E-state index is 12.6. The predicted molar refractivity (Wildman–Crippen MR) is 108 cm³/mol. The molecule has 0 N–H and O–H groups in total. The first-order valence-electron chi connectivity index (χ1n) is 9.50. The van der Waals surface area contributed by atoms with E-state index in [1.807, 2.05) is 13.8 Å². The molecule has 158 valence electrons. The van der Waals surface area contributed by atoms with E-state index in [-0.39, 0.29) is 33.6 Å². The fraction of sp³-hybridized carbons (Fsp3) is 0.238. The Morgan fingerprint density at radius 3 is 2.26 bits per heavy atom. The summed E-state index contributed by atoms with van der Waals surface area (Å²) in [5.74, 6) is -2.44. The van der Waals surface area contributed by atoms with Crippen LogP contribution in [0.15, 0.2) is 46.1 Å². The van der Waals surface area contributed by atoms with Crippen LogP contribution in [0, 0.1) is 5.92 Å². The molecule has 2 aromatic heterocycles. The van der Waals surface area contributed by atoms with Crippen molar-refractivity contribution < 1.29 is 19.2 Å². The molecule has 0 saturated carbocycles. The van der Waals surface area contributed by atoms with Gasteiger partial charge in [-0.05, 0) is 24.1 Å². The average Bonchev–Trinajstić information content (AvgIpc) is 2.99. The van der Waals surface area contributed by atoms with Crippen molar-refractivity contribution in [3.63, 3.8) is 0 Å². The fourth-order valence-electron chi connectivity index (χ4n) is 3.40. The lowest BCUT2D eigenvalue weighted by molar-refractivity contribution is -0.0584. The first kappa shape index (κ1) is 20.2. The van der Waals surface area contributed by atoms with Crippen molar-refractivity contribution in [1.29, 1.82) is 0 Å². The summed E-state index contributed by atoms with van der Waals surface area (Å²) in [5.41, 5.74) is -0.884. The zero-order valence-corrected chi connectivity index (χ0v) is 17.0. The molecule has 2 amide bonds. The van der Waals surface area contributed by atoms with Crippen molar-refractivity contribution in [2.45, 2.75) is 20.4 Å². The van der Waals surface area contributed by atoms with E-state index < -0.39 is 29.0 Å². The highest BCUT2D eigenvalue weighted by atomic mass is 16.7. The van der Waals surface area contributed by atoms with Gasteiger partial charge in [-0.15, -0.1) is 0 Å². The second-order valence-electron chi connectivity index (χ2n) is 7.58. The summed E-state index contributed by atoms with van der Waals surface area (Å²) >= 11 is 0. The fourth-order valence-corrected chi connectivity index (χ4v) is 3.40. The van der Waals surface area contributed by atoms with E-state index in [2.05, 4.69) is 4.98 Å². The molecule has 3 aromatic rings. The lowest BCUT2D eigenvalue weighted by Gasteiger charge is -2.15. The number of pyridine rings is 1. The number of aromatic nitrogens is 3. The Morgan fingerprint density at radius 1 is 1.06 bits per heavy atom. The number of fused-ring (bicyclic) bond motifs is 2. The van der Waals surface area contributed by atoms with Crippen LogP contribution in [0.4, 0.5) is 0 Å². The smallest absolute Gasteiger partial charge is 0.324 e. The average molecular weight is 422 g/mol. The molecule has 10 nitrogen and oxygen atoms in total. The molecule has 0 saturated heterocycles. The summed E-state index contributed by atoms with van der Waals surface area (Å²) in [6.45, 7) is 4.16. The maximum Gasteiger partial charge on any atom is 0.365 e. The first-order chi connectivity index (χ1) is 14.7. The molecule has 1 aliphatic rings. The van der Waals surface area contributed by atoms with Crippen LogP contribution in [0.1, 0.15) is 44.9 Å².